The quantitative estimate of drug-likeness (QED) is 0.720. The molecule has 116 valence electrons. The monoisotopic (exact) mass is 326 g/mol. The van der Waals surface area contributed by atoms with E-state index in [1.165, 1.54) is 11.8 Å². The van der Waals surface area contributed by atoms with E-state index in [-0.39, 0.29) is 5.75 Å². The molecule has 3 aromatic rings. The Labute approximate surface area is 136 Å². The number of primary amides is 1. The van der Waals surface area contributed by atoms with E-state index in [0.29, 0.717) is 5.16 Å². The molecule has 0 saturated carbocycles. The number of thioether (sulfide) groups is 1. The Balaban J connectivity index is 1.96. The molecule has 3 N–H and O–H groups in total. The smallest absolute Gasteiger partial charge is 0.318 e. The number of para-hydroxylation sites is 3. The summed E-state index contributed by atoms with van der Waals surface area (Å²) in [6.45, 7) is 0. The van der Waals surface area contributed by atoms with E-state index < -0.39 is 11.9 Å². The molecule has 0 aliphatic carbocycles. The van der Waals surface area contributed by atoms with Crippen LogP contribution in [0, 0.1) is 0 Å². The number of benzene rings is 2. The minimum atomic E-state index is -0.854. The van der Waals surface area contributed by atoms with Crippen molar-refractivity contribution in [3.05, 3.63) is 54.6 Å². The highest BCUT2D eigenvalue weighted by atomic mass is 32.2. The minimum absolute atomic E-state index is 0.0547. The van der Waals surface area contributed by atoms with Gasteiger partial charge in [-0.1, -0.05) is 42.1 Å². The number of imidazole rings is 1. The van der Waals surface area contributed by atoms with Gasteiger partial charge >= 0.3 is 6.03 Å². The Hall–Kier alpha value is -2.80. The van der Waals surface area contributed by atoms with Crippen molar-refractivity contribution in [1.29, 1.82) is 0 Å². The van der Waals surface area contributed by atoms with E-state index in [0.717, 1.165) is 16.7 Å². The van der Waals surface area contributed by atoms with E-state index in [2.05, 4.69) is 4.98 Å². The van der Waals surface area contributed by atoms with Gasteiger partial charge in [-0.3, -0.25) is 14.7 Å². The summed E-state index contributed by atoms with van der Waals surface area (Å²) in [5.74, 6) is -0.395. The van der Waals surface area contributed by atoms with Gasteiger partial charge in [0, 0.05) is 5.69 Å². The van der Waals surface area contributed by atoms with Crippen LogP contribution >= 0.6 is 11.8 Å². The molecule has 0 atom stereocenters. The van der Waals surface area contributed by atoms with Gasteiger partial charge in [0.2, 0.25) is 5.91 Å². The van der Waals surface area contributed by atoms with E-state index >= 15 is 0 Å². The van der Waals surface area contributed by atoms with Gasteiger partial charge in [0.1, 0.15) is 0 Å². The van der Waals surface area contributed by atoms with Gasteiger partial charge in [-0.15, -0.1) is 0 Å². The second-order valence-corrected chi connectivity index (χ2v) is 5.70. The molecular formula is C16H14N4O2S. The van der Waals surface area contributed by atoms with Gasteiger partial charge in [-0.05, 0) is 24.3 Å². The summed E-state index contributed by atoms with van der Waals surface area (Å²) >= 11 is 1.25. The minimum Gasteiger partial charge on any atom is -0.351 e. The largest absolute Gasteiger partial charge is 0.351 e. The number of nitrogens with zero attached hydrogens (tertiary/aromatic N) is 2. The second-order valence-electron chi connectivity index (χ2n) is 4.76. The lowest BCUT2D eigenvalue weighted by molar-refractivity contribution is -0.117. The van der Waals surface area contributed by atoms with Gasteiger partial charge in [-0.25, -0.2) is 9.78 Å². The predicted octanol–water partition coefficient (Wildman–Crippen LogP) is 2.31. The van der Waals surface area contributed by atoms with Crippen molar-refractivity contribution >= 4 is 34.7 Å². The standard InChI is InChI=1S/C16H14N4O2S/c17-15(22)19-14(21)10-23-16-18-12-8-4-5-9-13(12)20(16)11-6-2-1-3-7-11/h1-9H,10H2,(H3,17,19,21,22). The number of nitrogens with one attached hydrogen (secondary N) is 1. The molecule has 1 aromatic heterocycles. The van der Waals surface area contributed by atoms with Crippen molar-refractivity contribution in [2.24, 2.45) is 5.73 Å². The predicted molar refractivity (Wildman–Crippen MR) is 89.5 cm³/mol. The Bertz CT molecular complexity index is 861. The van der Waals surface area contributed by atoms with Gasteiger partial charge < -0.3 is 5.73 Å². The molecule has 0 saturated heterocycles. The number of carbonyl (C=O) groups excluding carboxylic acids is 2. The lowest BCUT2D eigenvalue weighted by Gasteiger charge is -2.08. The SMILES string of the molecule is NC(=O)NC(=O)CSc1nc2ccccc2n1-c1ccccc1. The summed E-state index contributed by atoms with van der Waals surface area (Å²) < 4.78 is 1.98. The molecule has 7 heteroatoms. The zero-order valence-electron chi connectivity index (χ0n) is 12.1. The molecule has 1 heterocycles. The fraction of sp³-hybridized carbons (Fsp3) is 0.0625. The molecule has 0 aliphatic heterocycles. The Morgan fingerprint density at radius 1 is 1.09 bits per heavy atom. The molecule has 0 bridgehead atoms. The fourth-order valence-corrected chi connectivity index (χ4v) is 3.06. The van der Waals surface area contributed by atoms with Crippen LogP contribution in [0.15, 0.2) is 59.8 Å². The number of rotatable bonds is 4. The first-order chi connectivity index (χ1) is 11.1. The summed E-state index contributed by atoms with van der Waals surface area (Å²) in [5.41, 5.74) is 7.70. The molecule has 0 unspecified atom stereocenters. The first kappa shape index (κ1) is 15.1. The maximum Gasteiger partial charge on any atom is 0.318 e. The fourth-order valence-electron chi connectivity index (χ4n) is 2.23. The van der Waals surface area contributed by atoms with Gasteiger partial charge in [0.05, 0.1) is 16.8 Å². The summed E-state index contributed by atoms with van der Waals surface area (Å²) in [6.07, 6.45) is 0. The van der Waals surface area contributed by atoms with Crippen LogP contribution in [-0.4, -0.2) is 27.2 Å². The molecular weight excluding hydrogens is 312 g/mol. The number of amides is 3. The average Bonchev–Trinajstić information content (AvgIpc) is 2.91. The number of fused-ring (bicyclic) bond motifs is 1. The Kier molecular flexibility index (Phi) is 4.29. The lowest BCUT2D eigenvalue weighted by Crippen LogP contribution is -2.36. The van der Waals surface area contributed by atoms with Crippen molar-refractivity contribution in [2.45, 2.75) is 5.16 Å². The van der Waals surface area contributed by atoms with Crippen LogP contribution in [0.25, 0.3) is 16.7 Å². The Morgan fingerprint density at radius 3 is 2.52 bits per heavy atom. The third-order valence-corrected chi connectivity index (χ3v) is 4.08. The summed E-state index contributed by atoms with van der Waals surface area (Å²) in [4.78, 5) is 26.9. The number of hydrogen-bond donors (Lipinski definition) is 2. The van der Waals surface area contributed by atoms with E-state index in [1.54, 1.807) is 0 Å². The molecule has 0 radical (unpaired) electrons. The zero-order valence-corrected chi connectivity index (χ0v) is 12.9. The number of nitrogens with two attached hydrogens (primary N) is 1. The number of urea groups is 1. The average molecular weight is 326 g/mol. The highest BCUT2D eigenvalue weighted by Gasteiger charge is 2.14. The molecule has 0 fully saturated rings. The number of aromatic nitrogens is 2. The van der Waals surface area contributed by atoms with Crippen molar-refractivity contribution in [3.8, 4) is 5.69 Å². The summed E-state index contributed by atoms with van der Waals surface area (Å²) in [5, 5.41) is 2.73. The van der Waals surface area contributed by atoms with E-state index in [1.807, 2.05) is 64.5 Å². The maximum absolute atomic E-state index is 11.6. The maximum atomic E-state index is 11.6. The molecule has 6 nitrogen and oxygen atoms in total. The second kappa shape index (κ2) is 6.53. The molecule has 0 aliphatic rings. The van der Waals surface area contributed by atoms with Gasteiger partial charge in [0.25, 0.3) is 0 Å². The number of carbonyl (C=O) groups is 2. The van der Waals surface area contributed by atoms with Crippen molar-refractivity contribution < 1.29 is 9.59 Å². The third kappa shape index (κ3) is 3.35. The molecule has 2 aromatic carbocycles. The van der Waals surface area contributed by atoms with Crippen LogP contribution in [0.5, 0.6) is 0 Å². The first-order valence-corrected chi connectivity index (χ1v) is 7.88. The van der Waals surface area contributed by atoms with Crippen molar-refractivity contribution in [1.82, 2.24) is 14.9 Å². The molecule has 23 heavy (non-hydrogen) atoms. The topological polar surface area (TPSA) is 90.0 Å². The number of hydrogen-bond acceptors (Lipinski definition) is 4. The highest BCUT2D eigenvalue weighted by Crippen LogP contribution is 2.27. The van der Waals surface area contributed by atoms with E-state index in [4.69, 9.17) is 5.73 Å². The summed E-state index contributed by atoms with van der Waals surface area (Å²) in [7, 11) is 0. The van der Waals surface area contributed by atoms with E-state index in [9.17, 15) is 9.59 Å². The van der Waals surface area contributed by atoms with Crippen LogP contribution in [0.3, 0.4) is 0 Å². The highest BCUT2D eigenvalue weighted by molar-refractivity contribution is 7.99. The van der Waals surface area contributed by atoms with Gasteiger partial charge in [-0.2, -0.15) is 0 Å². The molecule has 0 spiro atoms. The van der Waals surface area contributed by atoms with Crippen LogP contribution in [0.2, 0.25) is 0 Å². The van der Waals surface area contributed by atoms with Crippen molar-refractivity contribution in [3.63, 3.8) is 0 Å². The van der Waals surface area contributed by atoms with Crippen molar-refractivity contribution in [2.75, 3.05) is 5.75 Å². The zero-order chi connectivity index (χ0) is 16.2. The lowest BCUT2D eigenvalue weighted by atomic mass is 10.3. The molecule has 3 amide bonds. The van der Waals surface area contributed by atoms with Crippen LogP contribution in [0.4, 0.5) is 4.79 Å². The number of imide groups is 1. The Morgan fingerprint density at radius 2 is 1.78 bits per heavy atom. The normalized spacial score (nSPS) is 10.6. The summed E-state index contributed by atoms with van der Waals surface area (Å²) in [6, 6.07) is 16.7. The third-order valence-electron chi connectivity index (χ3n) is 3.14. The van der Waals surface area contributed by atoms with Crippen LogP contribution in [-0.2, 0) is 4.79 Å². The first-order valence-electron chi connectivity index (χ1n) is 6.90. The van der Waals surface area contributed by atoms with Gasteiger partial charge in [0.15, 0.2) is 5.16 Å². The molecule has 3 rings (SSSR count). The van der Waals surface area contributed by atoms with Crippen LogP contribution < -0.4 is 11.1 Å². The van der Waals surface area contributed by atoms with Crippen LogP contribution in [0.1, 0.15) is 0 Å².